The van der Waals surface area contributed by atoms with Crippen molar-refractivity contribution in [2.24, 2.45) is 0 Å². The van der Waals surface area contributed by atoms with Crippen molar-refractivity contribution >= 4 is 17.5 Å². The molecule has 0 radical (unpaired) electrons. The van der Waals surface area contributed by atoms with Crippen LogP contribution in [0.2, 0.25) is 0 Å². The summed E-state index contributed by atoms with van der Waals surface area (Å²) in [6, 6.07) is 8.49. The number of hydrogen-bond acceptors (Lipinski definition) is 5. The number of nitrogens with zero attached hydrogens (tertiary/aromatic N) is 4. The van der Waals surface area contributed by atoms with Crippen molar-refractivity contribution in [2.75, 3.05) is 16.8 Å². The quantitative estimate of drug-likeness (QED) is 0.917. The smallest absolute Gasteiger partial charge is 0.245 e. The zero-order valence-electron chi connectivity index (χ0n) is 12.8. The zero-order valence-corrected chi connectivity index (χ0v) is 12.8. The lowest BCUT2D eigenvalue weighted by atomic mass is 10.0. The fourth-order valence-corrected chi connectivity index (χ4v) is 2.58. The molecular weight excluding hydrogens is 262 g/mol. The van der Waals surface area contributed by atoms with Gasteiger partial charge in [0.15, 0.2) is 5.82 Å². The van der Waals surface area contributed by atoms with E-state index in [1.807, 2.05) is 0 Å². The number of benzene rings is 1. The molecule has 0 atom stereocenters. The van der Waals surface area contributed by atoms with E-state index in [1.54, 1.807) is 6.20 Å². The molecule has 110 valence electrons. The summed E-state index contributed by atoms with van der Waals surface area (Å²) >= 11 is 0. The van der Waals surface area contributed by atoms with E-state index >= 15 is 0 Å². The second-order valence-corrected chi connectivity index (χ2v) is 6.40. The Hall–Kier alpha value is -2.17. The molecule has 5 nitrogen and oxygen atoms in total. The molecule has 0 spiro atoms. The van der Waals surface area contributed by atoms with Crippen molar-refractivity contribution in [3.05, 3.63) is 36.0 Å². The van der Waals surface area contributed by atoms with Crippen LogP contribution in [0.4, 0.5) is 17.5 Å². The molecule has 0 saturated carbocycles. The van der Waals surface area contributed by atoms with Gasteiger partial charge in [-0.3, -0.25) is 0 Å². The summed E-state index contributed by atoms with van der Waals surface area (Å²) in [5.41, 5.74) is 2.51. The van der Waals surface area contributed by atoms with E-state index in [0.717, 1.165) is 25.2 Å². The Kier molecular flexibility index (Phi) is 3.49. The minimum absolute atomic E-state index is 0.0832. The summed E-state index contributed by atoms with van der Waals surface area (Å²) < 4.78 is 0. The standard InChI is InChI=1S/C16H21N5/c1-16(2,3)19-15-18-14(11-17-20-15)21-10-6-8-12-7-4-5-9-13(12)21/h4-5,7,9,11H,6,8,10H2,1-3H3,(H,18,19,20). The molecule has 2 aromatic rings. The van der Waals surface area contributed by atoms with Crippen LogP contribution in [-0.4, -0.2) is 27.3 Å². The van der Waals surface area contributed by atoms with Gasteiger partial charge in [-0.2, -0.15) is 10.1 Å². The van der Waals surface area contributed by atoms with Crippen molar-refractivity contribution in [3.8, 4) is 0 Å². The van der Waals surface area contributed by atoms with Crippen LogP contribution in [0.5, 0.6) is 0 Å². The van der Waals surface area contributed by atoms with E-state index in [4.69, 9.17) is 0 Å². The molecule has 0 amide bonds. The normalized spacial score (nSPS) is 14.7. The maximum atomic E-state index is 4.62. The average Bonchev–Trinajstić information content (AvgIpc) is 2.45. The average molecular weight is 283 g/mol. The van der Waals surface area contributed by atoms with Crippen LogP contribution in [-0.2, 0) is 6.42 Å². The molecule has 0 bridgehead atoms. The first-order valence-corrected chi connectivity index (χ1v) is 7.36. The molecule has 1 aromatic heterocycles. The van der Waals surface area contributed by atoms with E-state index < -0.39 is 0 Å². The fourth-order valence-electron chi connectivity index (χ4n) is 2.58. The molecule has 3 rings (SSSR count). The minimum Gasteiger partial charge on any atom is -0.348 e. The Labute approximate surface area is 125 Å². The third-order valence-corrected chi connectivity index (χ3v) is 3.42. The summed E-state index contributed by atoms with van der Waals surface area (Å²) in [7, 11) is 0. The van der Waals surface area contributed by atoms with Crippen LogP contribution in [0.3, 0.4) is 0 Å². The summed E-state index contributed by atoms with van der Waals surface area (Å²) in [6.45, 7) is 7.21. The van der Waals surface area contributed by atoms with E-state index in [2.05, 4.69) is 70.4 Å². The number of para-hydroxylation sites is 1. The number of nitrogens with one attached hydrogen (secondary N) is 1. The molecule has 21 heavy (non-hydrogen) atoms. The van der Waals surface area contributed by atoms with Crippen LogP contribution in [0, 0.1) is 0 Å². The SMILES string of the molecule is CC(C)(C)Nc1nncc(N2CCCc3ccccc32)n1. The Morgan fingerprint density at radius 3 is 2.81 bits per heavy atom. The highest BCUT2D eigenvalue weighted by molar-refractivity contribution is 5.65. The summed E-state index contributed by atoms with van der Waals surface area (Å²) in [4.78, 5) is 6.85. The van der Waals surface area contributed by atoms with E-state index in [0.29, 0.717) is 5.95 Å². The molecule has 5 heteroatoms. The van der Waals surface area contributed by atoms with Crippen molar-refractivity contribution in [1.82, 2.24) is 15.2 Å². The number of aryl methyl sites for hydroxylation is 1. The number of anilines is 3. The predicted octanol–water partition coefficient (Wildman–Crippen LogP) is 3.17. The Morgan fingerprint density at radius 2 is 2.00 bits per heavy atom. The highest BCUT2D eigenvalue weighted by Crippen LogP contribution is 2.32. The highest BCUT2D eigenvalue weighted by atomic mass is 15.3. The molecule has 0 aliphatic carbocycles. The van der Waals surface area contributed by atoms with Crippen LogP contribution >= 0.6 is 0 Å². The topological polar surface area (TPSA) is 53.9 Å². The number of fused-ring (bicyclic) bond motifs is 1. The molecule has 0 saturated heterocycles. The summed E-state index contributed by atoms with van der Waals surface area (Å²) in [5.74, 6) is 1.42. The molecule has 1 aromatic carbocycles. The number of hydrogen-bond donors (Lipinski definition) is 1. The van der Waals surface area contributed by atoms with Gasteiger partial charge in [0.05, 0.1) is 6.20 Å². The van der Waals surface area contributed by atoms with Crippen molar-refractivity contribution in [1.29, 1.82) is 0 Å². The van der Waals surface area contributed by atoms with Gasteiger partial charge in [0.25, 0.3) is 0 Å². The Balaban J connectivity index is 1.93. The first-order valence-electron chi connectivity index (χ1n) is 7.36. The molecule has 0 unspecified atom stereocenters. The molecule has 1 aliphatic heterocycles. The van der Waals surface area contributed by atoms with Crippen molar-refractivity contribution in [2.45, 2.75) is 39.2 Å². The summed E-state index contributed by atoms with van der Waals surface area (Å²) in [5, 5.41) is 11.5. The van der Waals surface area contributed by atoms with Crippen LogP contribution in [0.1, 0.15) is 32.8 Å². The van der Waals surface area contributed by atoms with Crippen LogP contribution in [0.25, 0.3) is 0 Å². The van der Waals surface area contributed by atoms with E-state index in [1.165, 1.54) is 11.3 Å². The summed E-state index contributed by atoms with van der Waals surface area (Å²) in [6.07, 6.45) is 3.98. The largest absolute Gasteiger partial charge is 0.348 e. The Bertz CT molecular complexity index is 633. The van der Waals surface area contributed by atoms with Crippen LogP contribution < -0.4 is 10.2 Å². The van der Waals surface area contributed by atoms with Gasteiger partial charge >= 0.3 is 0 Å². The van der Waals surface area contributed by atoms with Crippen LogP contribution in [0.15, 0.2) is 30.5 Å². The second-order valence-electron chi connectivity index (χ2n) is 6.40. The highest BCUT2D eigenvalue weighted by Gasteiger charge is 2.20. The number of rotatable bonds is 2. The predicted molar refractivity (Wildman–Crippen MR) is 85.0 cm³/mol. The number of aromatic nitrogens is 3. The Morgan fingerprint density at radius 1 is 1.19 bits per heavy atom. The van der Waals surface area contributed by atoms with Gasteiger partial charge in [0, 0.05) is 17.8 Å². The lowest BCUT2D eigenvalue weighted by Crippen LogP contribution is -2.29. The van der Waals surface area contributed by atoms with Gasteiger partial charge in [0.2, 0.25) is 5.95 Å². The van der Waals surface area contributed by atoms with Gasteiger partial charge in [0.1, 0.15) is 0 Å². The van der Waals surface area contributed by atoms with E-state index in [-0.39, 0.29) is 5.54 Å². The molecule has 1 N–H and O–H groups in total. The monoisotopic (exact) mass is 283 g/mol. The molecule has 1 aliphatic rings. The lowest BCUT2D eigenvalue weighted by molar-refractivity contribution is 0.622. The van der Waals surface area contributed by atoms with Gasteiger partial charge < -0.3 is 10.2 Å². The lowest BCUT2D eigenvalue weighted by Gasteiger charge is -2.30. The third kappa shape index (κ3) is 3.12. The zero-order chi connectivity index (χ0) is 14.9. The first-order chi connectivity index (χ1) is 10.0. The maximum Gasteiger partial charge on any atom is 0.245 e. The maximum absolute atomic E-state index is 4.62. The van der Waals surface area contributed by atoms with Gasteiger partial charge in [-0.15, -0.1) is 5.10 Å². The van der Waals surface area contributed by atoms with E-state index in [9.17, 15) is 0 Å². The van der Waals surface area contributed by atoms with Gasteiger partial charge in [-0.25, -0.2) is 0 Å². The minimum atomic E-state index is -0.0832. The molecular formula is C16H21N5. The fraction of sp³-hybridized carbons (Fsp3) is 0.438. The third-order valence-electron chi connectivity index (χ3n) is 3.42. The molecule has 2 heterocycles. The van der Waals surface area contributed by atoms with Gasteiger partial charge in [-0.05, 0) is 45.2 Å². The molecule has 0 fully saturated rings. The first kappa shape index (κ1) is 13.8. The van der Waals surface area contributed by atoms with Crippen molar-refractivity contribution in [3.63, 3.8) is 0 Å². The second kappa shape index (κ2) is 5.31. The van der Waals surface area contributed by atoms with Gasteiger partial charge in [-0.1, -0.05) is 18.2 Å². The van der Waals surface area contributed by atoms with Crippen molar-refractivity contribution < 1.29 is 0 Å².